The monoisotopic (exact) mass is 402 g/mol. The van der Waals surface area contributed by atoms with Gasteiger partial charge in [-0.2, -0.15) is 0 Å². The van der Waals surface area contributed by atoms with Crippen molar-refractivity contribution >= 4 is 23.2 Å². The van der Waals surface area contributed by atoms with Crippen LogP contribution in [0.5, 0.6) is 5.75 Å². The highest BCUT2D eigenvalue weighted by molar-refractivity contribution is 6.32. The molecule has 0 aromatic heterocycles. The van der Waals surface area contributed by atoms with Crippen LogP contribution in [0.15, 0.2) is 29.5 Å². The van der Waals surface area contributed by atoms with E-state index in [0.29, 0.717) is 42.0 Å². The third-order valence-corrected chi connectivity index (χ3v) is 6.64. The van der Waals surface area contributed by atoms with Gasteiger partial charge in [0.2, 0.25) is 0 Å². The number of hydrogen-bond acceptors (Lipinski definition) is 4. The van der Waals surface area contributed by atoms with Crippen molar-refractivity contribution in [2.75, 3.05) is 0 Å². The van der Waals surface area contributed by atoms with Crippen LogP contribution in [0.3, 0.4) is 0 Å². The van der Waals surface area contributed by atoms with E-state index in [1.807, 2.05) is 26.0 Å². The van der Waals surface area contributed by atoms with Crippen molar-refractivity contribution in [2.24, 2.45) is 16.7 Å². The van der Waals surface area contributed by atoms with E-state index in [-0.39, 0.29) is 34.3 Å². The molecule has 4 nitrogen and oxygen atoms in total. The molecule has 1 heterocycles. The van der Waals surface area contributed by atoms with E-state index in [1.165, 1.54) is 0 Å². The Kier molecular flexibility index (Phi) is 4.42. The minimum Gasteiger partial charge on any atom is -0.512 e. The fourth-order valence-electron chi connectivity index (χ4n) is 5.29. The summed E-state index contributed by atoms with van der Waals surface area (Å²) in [5, 5.41) is 11.3. The zero-order chi connectivity index (χ0) is 20.4. The summed E-state index contributed by atoms with van der Waals surface area (Å²) in [7, 11) is 0. The van der Waals surface area contributed by atoms with Crippen molar-refractivity contribution in [1.29, 1.82) is 0 Å². The molecule has 0 bridgehead atoms. The number of carbonyl (C=O) groups is 2. The van der Waals surface area contributed by atoms with E-state index in [2.05, 4.69) is 13.8 Å². The number of fused-ring (bicyclic) bond motifs is 2. The highest BCUT2D eigenvalue weighted by Gasteiger charge is 2.53. The van der Waals surface area contributed by atoms with Gasteiger partial charge in [-0.05, 0) is 23.3 Å². The molecule has 1 aromatic rings. The second-order valence-electron chi connectivity index (χ2n) is 10.1. The normalized spacial score (nSPS) is 31.1. The first-order chi connectivity index (χ1) is 13.0. The van der Waals surface area contributed by atoms with Gasteiger partial charge in [0.25, 0.3) is 0 Å². The molecule has 2 aliphatic carbocycles. The van der Waals surface area contributed by atoms with Crippen molar-refractivity contribution in [2.45, 2.75) is 65.4 Å². The zero-order valence-electron chi connectivity index (χ0n) is 16.8. The number of rotatable bonds is 1. The molecule has 5 heteroatoms. The van der Waals surface area contributed by atoms with Crippen LogP contribution in [0, 0.1) is 16.7 Å². The maximum Gasteiger partial charge on any atom is 0.163 e. The predicted octanol–water partition coefficient (Wildman–Crippen LogP) is 5.39. The van der Waals surface area contributed by atoms with Gasteiger partial charge < -0.3 is 9.84 Å². The lowest BCUT2D eigenvalue weighted by atomic mass is 9.61. The zero-order valence-corrected chi connectivity index (χ0v) is 17.6. The van der Waals surface area contributed by atoms with Crippen LogP contribution in [0.2, 0.25) is 5.02 Å². The van der Waals surface area contributed by atoms with Crippen LogP contribution in [-0.4, -0.2) is 22.8 Å². The number of benzene rings is 1. The minimum atomic E-state index is -0.500. The average Bonchev–Trinajstić information content (AvgIpc) is 2.52. The Hall–Kier alpha value is -1.81. The molecule has 0 radical (unpaired) electrons. The Morgan fingerprint density at radius 1 is 1.07 bits per heavy atom. The molecule has 1 N–H and O–H groups in total. The molecule has 1 aliphatic heterocycles. The Morgan fingerprint density at radius 3 is 2.46 bits per heavy atom. The number of aliphatic hydroxyl groups is 1. The van der Waals surface area contributed by atoms with Gasteiger partial charge >= 0.3 is 0 Å². The van der Waals surface area contributed by atoms with Crippen LogP contribution in [0.1, 0.15) is 64.9 Å². The molecule has 1 aromatic carbocycles. The van der Waals surface area contributed by atoms with E-state index in [9.17, 15) is 14.7 Å². The van der Waals surface area contributed by atoms with Crippen LogP contribution in [0.4, 0.5) is 0 Å². The van der Waals surface area contributed by atoms with Gasteiger partial charge in [0.1, 0.15) is 23.4 Å². The molecular formula is C23H27ClO4. The van der Waals surface area contributed by atoms with E-state index in [0.717, 1.165) is 5.56 Å². The standard InChI is InChI=1S/C23H27ClO4/c1-22(2)8-14(25)19(15(26)9-22)18-12-6-5-7-13(24)21(12)28-17-11-23(3,4)10-16(27)20(17)18/h5-7,17-18,20,25H,8-11H2,1-4H3/t17-,18+,20-/m1/s1. The summed E-state index contributed by atoms with van der Waals surface area (Å²) >= 11 is 6.43. The Balaban J connectivity index is 1.90. The summed E-state index contributed by atoms with van der Waals surface area (Å²) in [4.78, 5) is 26.3. The van der Waals surface area contributed by atoms with Crippen LogP contribution >= 0.6 is 11.6 Å². The molecule has 28 heavy (non-hydrogen) atoms. The molecule has 1 saturated carbocycles. The lowest BCUT2D eigenvalue weighted by Crippen LogP contribution is -2.50. The average molecular weight is 403 g/mol. The SMILES string of the molecule is CC1(C)CC(=O)C([C@@H]2c3cccc(Cl)c3O[C@@H]3CC(C)(C)CC(=O)[C@@H]23)=C(O)C1. The Bertz CT molecular complexity index is 896. The second-order valence-corrected chi connectivity index (χ2v) is 10.5. The number of halogens is 1. The van der Waals surface area contributed by atoms with E-state index in [4.69, 9.17) is 16.3 Å². The number of Topliss-reactive ketones (excluding diaryl/α,β-unsaturated/α-hetero) is 2. The lowest BCUT2D eigenvalue weighted by molar-refractivity contribution is -0.135. The fourth-order valence-corrected chi connectivity index (χ4v) is 5.51. The van der Waals surface area contributed by atoms with Gasteiger partial charge in [-0.25, -0.2) is 0 Å². The summed E-state index contributed by atoms with van der Waals surface area (Å²) in [5.41, 5.74) is 0.659. The van der Waals surface area contributed by atoms with Gasteiger partial charge in [-0.3, -0.25) is 9.59 Å². The largest absolute Gasteiger partial charge is 0.512 e. The fraction of sp³-hybridized carbons (Fsp3) is 0.565. The molecule has 0 unspecified atom stereocenters. The number of ether oxygens (including phenoxy) is 1. The van der Waals surface area contributed by atoms with Crippen LogP contribution in [-0.2, 0) is 9.59 Å². The Labute approximate surface area is 170 Å². The first-order valence-electron chi connectivity index (χ1n) is 9.92. The van der Waals surface area contributed by atoms with Crippen molar-refractivity contribution < 1.29 is 19.4 Å². The number of ketones is 2. The number of carbonyl (C=O) groups excluding carboxylic acids is 2. The van der Waals surface area contributed by atoms with Gasteiger partial charge in [0, 0.05) is 36.3 Å². The number of allylic oxidation sites excluding steroid dienone is 2. The topological polar surface area (TPSA) is 63.6 Å². The van der Waals surface area contributed by atoms with Gasteiger partial charge in [-0.15, -0.1) is 0 Å². The third-order valence-electron chi connectivity index (χ3n) is 6.35. The first kappa shape index (κ1) is 19.5. The quantitative estimate of drug-likeness (QED) is 0.683. The maximum atomic E-state index is 13.2. The lowest BCUT2D eigenvalue weighted by Gasteiger charge is -2.47. The molecule has 1 fully saturated rings. The smallest absolute Gasteiger partial charge is 0.163 e. The van der Waals surface area contributed by atoms with Crippen molar-refractivity contribution in [3.05, 3.63) is 40.1 Å². The molecule has 4 rings (SSSR count). The second kappa shape index (κ2) is 6.35. The van der Waals surface area contributed by atoms with Gasteiger partial charge in [-0.1, -0.05) is 51.4 Å². The first-order valence-corrected chi connectivity index (χ1v) is 10.3. The molecule has 0 spiro atoms. The molecule has 3 atom stereocenters. The summed E-state index contributed by atoms with van der Waals surface area (Å²) < 4.78 is 6.24. The number of para-hydroxylation sites is 1. The van der Waals surface area contributed by atoms with Gasteiger partial charge in [0.15, 0.2) is 5.78 Å². The minimum absolute atomic E-state index is 0.0806. The van der Waals surface area contributed by atoms with E-state index < -0.39 is 11.8 Å². The Morgan fingerprint density at radius 2 is 1.79 bits per heavy atom. The van der Waals surface area contributed by atoms with Gasteiger partial charge in [0.05, 0.1) is 10.9 Å². The van der Waals surface area contributed by atoms with E-state index in [1.54, 1.807) is 6.07 Å². The summed E-state index contributed by atoms with van der Waals surface area (Å²) in [6, 6.07) is 5.43. The number of hydrogen-bond donors (Lipinski definition) is 1. The molecule has 3 aliphatic rings. The summed E-state index contributed by atoms with van der Waals surface area (Å²) in [5.74, 6) is -0.312. The maximum absolute atomic E-state index is 13.2. The molecule has 150 valence electrons. The van der Waals surface area contributed by atoms with Crippen LogP contribution < -0.4 is 4.74 Å². The summed E-state index contributed by atoms with van der Waals surface area (Å²) in [6.07, 6.45) is 1.59. The highest BCUT2D eigenvalue weighted by atomic mass is 35.5. The van der Waals surface area contributed by atoms with E-state index >= 15 is 0 Å². The molecule has 0 saturated heterocycles. The summed E-state index contributed by atoms with van der Waals surface area (Å²) in [6.45, 7) is 8.08. The molecule has 0 amide bonds. The van der Waals surface area contributed by atoms with Crippen LogP contribution in [0.25, 0.3) is 0 Å². The highest BCUT2D eigenvalue weighted by Crippen LogP contribution is 2.54. The number of aliphatic hydroxyl groups excluding tert-OH is 1. The predicted molar refractivity (Wildman–Crippen MR) is 108 cm³/mol. The van der Waals surface area contributed by atoms with Crippen molar-refractivity contribution in [1.82, 2.24) is 0 Å². The van der Waals surface area contributed by atoms with Crippen molar-refractivity contribution in [3.8, 4) is 5.75 Å². The van der Waals surface area contributed by atoms with Crippen molar-refractivity contribution in [3.63, 3.8) is 0 Å². The third kappa shape index (κ3) is 3.16. The molecular weight excluding hydrogens is 376 g/mol.